The van der Waals surface area contributed by atoms with Gasteiger partial charge in [0.1, 0.15) is 0 Å². The molecule has 2 rings (SSSR count). The Morgan fingerprint density at radius 1 is 1.33 bits per heavy atom. The first-order valence-electron chi connectivity index (χ1n) is 8.21. The van der Waals surface area contributed by atoms with E-state index in [1.54, 1.807) is 6.07 Å². The number of amides is 1. The molecular formula is C17H24F2N2O3. The number of nitrogens with one attached hydrogen (secondary N) is 1. The molecule has 1 aromatic carbocycles. The van der Waals surface area contributed by atoms with Gasteiger partial charge >= 0.3 is 6.61 Å². The van der Waals surface area contributed by atoms with E-state index in [0.717, 1.165) is 32.4 Å². The van der Waals surface area contributed by atoms with E-state index < -0.39 is 6.61 Å². The largest absolute Gasteiger partial charge is 0.493 e. The van der Waals surface area contributed by atoms with Gasteiger partial charge < -0.3 is 19.7 Å². The minimum atomic E-state index is -2.97. The zero-order valence-electron chi connectivity index (χ0n) is 14.1. The normalized spacial score (nSPS) is 15.4. The lowest BCUT2D eigenvalue weighted by Crippen LogP contribution is -2.46. The van der Waals surface area contributed by atoms with Crippen molar-refractivity contribution < 1.29 is 23.0 Å². The van der Waals surface area contributed by atoms with Gasteiger partial charge in [0.05, 0.1) is 7.11 Å². The van der Waals surface area contributed by atoms with E-state index in [4.69, 9.17) is 4.74 Å². The van der Waals surface area contributed by atoms with Crippen molar-refractivity contribution in [2.45, 2.75) is 38.8 Å². The van der Waals surface area contributed by atoms with Crippen LogP contribution in [0.2, 0.25) is 0 Å². The van der Waals surface area contributed by atoms with Gasteiger partial charge in [-0.25, -0.2) is 0 Å². The number of nitrogens with zero attached hydrogens (tertiary/aromatic N) is 1. The van der Waals surface area contributed by atoms with Gasteiger partial charge in [-0.3, -0.25) is 4.79 Å². The second-order valence-corrected chi connectivity index (χ2v) is 5.72. The Bertz CT molecular complexity index is 549. The van der Waals surface area contributed by atoms with Crippen LogP contribution in [-0.4, -0.2) is 50.2 Å². The maximum atomic E-state index is 12.9. The Morgan fingerprint density at radius 3 is 2.62 bits per heavy atom. The van der Waals surface area contributed by atoms with E-state index in [1.807, 2.05) is 11.8 Å². The summed E-state index contributed by atoms with van der Waals surface area (Å²) >= 11 is 0. The summed E-state index contributed by atoms with van der Waals surface area (Å²) in [6.07, 6.45) is 2.62. The molecule has 0 atom stereocenters. The molecule has 5 nitrogen and oxygen atoms in total. The van der Waals surface area contributed by atoms with Gasteiger partial charge in [0.2, 0.25) is 0 Å². The minimum absolute atomic E-state index is 0.125. The number of carbonyl (C=O) groups excluding carboxylic acids is 1. The molecule has 7 heteroatoms. The van der Waals surface area contributed by atoms with Crippen molar-refractivity contribution in [1.82, 2.24) is 10.2 Å². The Hall–Kier alpha value is -1.89. The van der Waals surface area contributed by atoms with Gasteiger partial charge in [0, 0.05) is 18.2 Å². The number of piperidine rings is 1. The van der Waals surface area contributed by atoms with Crippen molar-refractivity contribution in [2.24, 2.45) is 0 Å². The zero-order chi connectivity index (χ0) is 17.5. The second-order valence-electron chi connectivity index (χ2n) is 5.72. The molecule has 1 aliphatic heterocycles. The smallest absolute Gasteiger partial charge is 0.387 e. The summed E-state index contributed by atoms with van der Waals surface area (Å²) in [5.74, 6) is -0.110. The highest BCUT2D eigenvalue weighted by Gasteiger charge is 2.26. The Labute approximate surface area is 140 Å². The summed E-state index contributed by atoms with van der Waals surface area (Å²) in [6.45, 7) is 1.43. The molecule has 1 amide bonds. The molecule has 0 spiro atoms. The number of ether oxygens (including phenoxy) is 2. The molecule has 24 heavy (non-hydrogen) atoms. The number of alkyl halides is 2. The lowest BCUT2D eigenvalue weighted by atomic mass is 10.0. The highest BCUT2D eigenvalue weighted by molar-refractivity contribution is 5.95. The molecule has 1 aliphatic rings. The number of methoxy groups -OCH3 is 1. The molecule has 1 aromatic rings. The highest BCUT2D eigenvalue weighted by Crippen LogP contribution is 2.30. The van der Waals surface area contributed by atoms with E-state index in [1.165, 1.54) is 19.2 Å². The Kier molecular flexibility index (Phi) is 6.78. The van der Waals surface area contributed by atoms with Gasteiger partial charge in [-0.15, -0.1) is 0 Å². The fraction of sp³-hybridized carbons (Fsp3) is 0.588. The van der Waals surface area contributed by atoms with Crippen molar-refractivity contribution in [3.63, 3.8) is 0 Å². The van der Waals surface area contributed by atoms with Crippen LogP contribution in [0.3, 0.4) is 0 Å². The van der Waals surface area contributed by atoms with Crippen LogP contribution in [0.1, 0.15) is 36.5 Å². The van der Waals surface area contributed by atoms with Gasteiger partial charge in [-0.1, -0.05) is 6.92 Å². The van der Waals surface area contributed by atoms with Crippen LogP contribution in [0.4, 0.5) is 8.78 Å². The molecule has 1 fully saturated rings. The fourth-order valence-corrected chi connectivity index (χ4v) is 2.97. The maximum Gasteiger partial charge on any atom is 0.387 e. The number of carbonyl (C=O) groups is 1. The summed E-state index contributed by atoms with van der Waals surface area (Å²) in [6, 6.07) is 4.57. The first-order chi connectivity index (χ1) is 11.6. The number of benzene rings is 1. The van der Waals surface area contributed by atoms with E-state index in [0.29, 0.717) is 12.1 Å². The van der Waals surface area contributed by atoms with Gasteiger partial charge in [-0.05, 0) is 50.6 Å². The average molecular weight is 342 g/mol. The van der Waals surface area contributed by atoms with Crippen molar-refractivity contribution in [2.75, 3.05) is 26.7 Å². The number of hydrogen-bond donors (Lipinski definition) is 1. The monoisotopic (exact) mass is 342 g/mol. The third kappa shape index (κ3) is 4.56. The lowest BCUT2D eigenvalue weighted by molar-refractivity contribution is -0.0512. The molecule has 1 saturated heterocycles. The quantitative estimate of drug-likeness (QED) is 0.828. The Balaban J connectivity index is 2.24. The standard InChI is InChI=1S/C17H24F2N2O3/c1-3-10-21(13-6-8-20-9-7-13)16(22)12-4-5-14(23-2)15(11-12)24-17(18)19/h4-5,11,13,17,20H,3,6-10H2,1-2H3. The van der Waals surface area contributed by atoms with Crippen LogP contribution in [-0.2, 0) is 0 Å². The molecule has 1 heterocycles. The summed E-state index contributed by atoms with van der Waals surface area (Å²) in [7, 11) is 1.37. The van der Waals surface area contributed by atoms with Crippen molar-refractivity contribution in [3.05, 3.63) is 23.8 Å². The van der Waals surface area contributed by atoms with Crippen LogP contribution >= 0.6 is 0 Å². The van der Waals surface area contributed by atoms with Crippen LogP contribution < -0.4 is 14.8 Å². The van der Waals surface area contributed by atoms with Gasteiger partial charge in [0.15, 0.2) is 11.5 Å². The Morgan fingerprint density at radius 2 is 2.04 bits per heavy atom. The first kappa shape index (κ1) is 18.4. The predicted octanol–water partition coefficient (Wildman–Crippen LogP) is 2.90. The summed E-state index contributed by atoms with van der Waals surface area (Å²) in [5, 5.41) is 3.28. The van der Waals surface area contributed by atoms with Gasteiger partial charge in [0.25, 0.3) is 5.91 Å². The SMILES string of the molecule is CCCN(C(=O)c1ccc(OC)c(OC(F)F)c1)C1CCNCC1. The lowest BCUT2D eigenvalue weighted by Gasteiger charge is -2.34. The van der Waals surface area contributed by atoms with Crippen LogP contribution in [0.15, 0.2) is 18.2 Å². The first-order valence-corrected chi connectivity index (χ1v) is 8.21. The number of halogens is 2. The number of rotatable bonds is 7. The summed E-state index contributed by atoms with van der Waals surface area (Å²) < 4.78 is 34.6. The topological polar surface area (TPSA) is 50.8 Å². The second kappa shape index (κ2) is 8.82. The number of hydrogen-bond acceptors (Lipinski definition) is 4. The van der Waals surface area contributed by atoms with Crippen LogP contribution in [0.5, 0.6) is 11.5 Å². The highest BCUT2D eigenvalue weighted by atomic mass is 19.3. The molecular weight excluding hydrogens is 318 g/mol. The third-order valence-corrected chi connectivity index (χ3v) is 4.10. The summed E-state index contributed by atoms with van der Waals surface area (Å²) in [4.78, 5) is 14.7. The zero-order valence-corrected chi connectivity index (χ0v) is 14.1. The van der Waals surface area contributed by atoms with Crippen molar-refractivity contribution in [3.8, 4) is 11.5 Å². The molecule has 0 unspecified atom stereocenters. The van der Waals surface area contributed by atoms with E-state index in [9.17, 15) is 13.6 Å². The molecule has 0 bridgehead atoms. The average Bonchev–Trinajstić information content (AvgIpc) is 2.59. The minimum Gasteiger partial charge on any atom is -0.493 e. The van der Waals surface area contributed by atoms with E-state index in [2.05, 4.69) is 10.1 Å². The van der Waals surface area contributed by atoms with Crippen molar-refractivity contribution in [1.29, 1.82) is 0 Å². The van der Waals surface area contributed by atoms with E-state index in [-0.39, 0.29) is 23.4 Å². The van der Waals surface area contributed by atoms with Crippen molar-refractivity contribution >= 4 is 5.91 Å². The maximum absolute atomic E-state index is 12.9. The molecule has 1 N–H and O–H groups in total. The molecule has 0 aliphatic carbocycles. The van der Waals surface area contributed by atoms with Crippen LogP contribution in [0, 0.1) is 0 Å². The summed E-state index contributed by atoms with van der Waals surface area (Å²) in [5.41, 5.74) is 0.332. The molecule has 0 radical (unpaired) electrons. The van der Waals surface area contributed by atoms with Gasteiger partial charge in [-0.2, -0.15) is 8.78 Å². The van der Waals surface area contributed by atoms with Crippen LogP contribution in [0.25, 0.3) is 0 Å². The van der Waals surface area contributed by atoms with E-state index >= 15 is 0 Å². The molecule has 0 aromatic heterocycles. The third-order valence-electron chi connectivity index (χ3n) is 4.10. The fourth-order valence-electron chi connectivity index (χ4n) is 2.97. The molecule has 134 valence electrons. The predicted molar refractivity (Wildman–Crippen MR) is 86.8 cm³/mol. The molecule has 0 saturated carbocycles.